The third kappa shape index (κ3) is 2.85. The highest BCUT2D eigenvalue weighted by Gasteiger charge is 2.34. The molecule has 118 valence electrons. The minimum Gasteiger partial charge on any atom is -0.477 e. The van der Waals surface area contributed by atoms with Crippen molar-refractivity contribution >= 4 is 23.3 Å². The molecule has 1 aromatic heterocycles. The maximum atomic E-state index is 12.9. The van der Waals surface area contributed by atoms with Crippen LogP contribution in [0.2, 0.25) is 0 Å². The number of nitrogen functional groups attached to an aromatic ring is 1. The number of anilines is 2. The number of Topliss-reactive ketones (excluding diaryl/α,β-unsaturated/α-hetero) is 1. The zero-order valence-electron chi connectivity index (χ0n) is 12.3. The summed E-state index contributed by atoms with van der Waals surface area (Å²) in [5, 5.41) is 0. The number of rotatable bonds is 3. The average Bonchev–Trinajstić information content (AvgIpc) is 2.53. The van der Waals surface area contributed by atoms with Crippen molar-refractivity contribution in [3.63, 3.8) is 0 Å². The topological polar surface area (TPSA) is 85.5 Å². The Labute approximate surface area is 131 Å². The molecule has 6 nitrogen and oxygen atoms in total. The lowest BCUT2D eigenvalue weighted by Crippen LogP contribution is -2.47. The second-order valence-corrected chi connectivity index (χ2v) is 5.17. The Morgan fingerprint density at radius 1 is 1.30 bits per heavy atom. The minimum absolute atomic E-state index is 0.212. The molecule has 1 aromatic carbocycles. The first-order chi connectivity index (χ1) is 11.0. The first-order valence-corrected chi connectivity index (χ1v) is 6.99. The summed E-state index contributed by atoms with van der Waals surface area (Å²) in [6.45, 7) is 1.37. The molecule has 0 aliphatic carbocycles. The number of carbonyl (C=O) groups excluding carboxylic acids is 2. The number of halogens is 1. The van der Waals surface area contributed by atoms with Crippen molar-refractivity contribution < 1.29 is 18.7 Å². The Bertz CT molecular complexity index is 777. The van der Waals surface area contributed by atoms with Crippen molar-refractivity contribution in [2.75, 3.05) is 17.2 Å². The van der Waals surface area contributed by atoms with Crippen molar-refractivity contribution in [3.8, 4) is 5.75 Å². The molecular weight excluding hydrogens is 301 g/mol. The van der Waals surface area contributed by atoms with Crippen molar-refractivity contribution in [2.24, 2.45) is 0 Å². The van der Waals surface area contributed by atoms with E-state index in [0.717, 1.165) is 0 Å². The SMILES string of the molecule is CC1Oc2ccc(N)nc2N(CC(=O)c2ccc(F)cc2)C1=O. The number of hydrogen-bond donors (Lipinski definition) is 1. The molecule has 1 unspecified atom stereocenters. The molecule has 0 saturated heterocycles. The molecule has 3 rings (SSSR count). The van der Waals surface area contributed by atoms with E-state index in [4.69, 9.17) is 10.5 Å². The summed E-state index contributed by atoms with van der Waals surface area (Å²) >= 11 is 0. The molecule has 23 heavy (non-hydrogen) atoms. The second-order valence-electron chi connectivity index (χ2n) is 5.17. The molecular formula is C16H14FN3O3. The Hall–Kier alpha value is -2.96. The first kappa shape index (κ1) is 15.0. The quantitative estimate of drug-likeness (QED) is 0.873. The van der Waals surface area contributed by atoms with Gasteiger partial charge in [0.25, 0.3) is 5.91 Å². The average molecular weight is 315 g/mol. The van der Waals surface area contributed by atoms with Gasteiger partial charge in [-0.05, 0) is 43.3 Å². The molecule has 0 saturated carbocycles. The molecule has 7 heteroatoms. The first-order valence-electron chi connectivity index (χ1n) is 6.99. The van der Waals surface area contributed by atoms with Gasteiger partial charge in [-0.2, -0.15) is 0 Å². The van der Waals surface area contributed by atoms with E-state index in [1.807, 2.05) is 0 Å². The van der Waals surface area contributed by atoms with Crippen LogP contribution in [0.25, 0.3) is 0 Å². The van der Waals surface area contributed by atoms with E-state index in [0.29, 0.717) is 11.3 Å². The van der Waals surface area contributed by atoms with Gasteiger partial charge in [-0.3, -0.25) is 14.5 Å². The Balaban J connectivity index is 1.92. The molecule has 1 aliphatic rings. The number of pyridine rings is 1. The van der Waals surface area contributed by atoms with E-state index in [2.05, 4.69) is 4.98 Å². The van der Waals surface area contributed by atoms with Gasteiger partial charge in [0.2, 0.25) is 0 Å². The van der Waals surface area contributed by atoms with E-state index in [-0.39, 0.29) is 29.9 Å². The van der Waals surface area contributed by atoms with Gasteiger partial charge in [-0.15, -0.1) is 0 Å². The summed E-state index contributed by atoms with van der Waals surface area (Å²) in [5.41, 5.74) is 5.96. The molecule has 2 N–H and O–H groups in total. The molecule has 0 radical (unpaired) electrons. The molecule has 1 amide bonds. The summed E-state index contributed by atoms with van der Waals surface area (Å²) in [6.07, 6.45) is -0.728. The molecule has 0 bridgehead atoms. The number of fused-ring (bicyclic) bond motifs is 1. The third-order valence-corrected chi connectivity index (χ3v) is 3.50. The lowest BCUT2D eigenvalue weighted by Gasteiger charge is -2.31. The van der Waals surface area contributed by atoms with Crippen LogP contribution in [0.15, 0.2) is 36.4 Å². The molecule has 0 fully saturated rings. The number of amides is 1. The van der Waals surface area contributed by atoms with Crippen LogP contribution in [-0.4, -0.2) is 29.3 Å². The van der Waals surface area contributed by atoms with Crippen molar-refractivity contribution in [1.29, 1.82) is 0 Å². The summed E-state index contributed by atoms with van der Waals surface area (Å²) < 4.78 is 18.4. The van der Waals surface area contributed by atoms with Gasteiger partial charge in [0.15, 0.2) is 23.5 Å². The highest BCUT2D eigenvalue weighted by molar-refractivity contribution is 6.07. The highest BCUT2D eigenvalue weighted by Crippen LogP contribution is 2.32. The number of benzene rings is 1. The number of aromatic nitrogens is 1. The van der Waals surface area contributed by atoms with Crippen molar-refractivity contribution in [1.82, 2.24) is 4.98 Å². The Kier molecular flexibility index (Phi) is 3.69. The number of nitrogens with zero attached hydrogens (tertiary/aromatic N) is 2. The fourth-order valence-corrected chi connectivity index (χ4v) is 2.32. The number of ether oxygens (including phenoxy) is 1. The van der Waals surface area contributed by atoms with Crippen LogP contribution in [0.1, 0.15) is 17.3 Å². The minimum atomic E-state index is -0.728. The lowest BCUT2D eigenvalue weighted by molar-refractivity contribution is -0.125. The molecule has 2 heterocycles. The van der Waals surface area contributed by atoms with Gasteiger partial charge in [-0.25, -0.2) is 9.37 Å². The van der Waals surface area contributed by atoms with Gasteiger partial charge < -0.3 is 10.5 Å². The van der Waals surface area contributed by atoms with Crippen LogP contribution < -0.4 is 15.4 Å². The normalized spacial score (nSPS) is 16.7. The van der Waals surface area contributed by atoms with E-state index >= 15 is 0 Å². The number of carbonyl (C=O) groups is 2. The van der Waals surface area contributed by atoms with Crippen LogP contribution in [0.3, 0.4) is 0 Å². The van der Waals surface area contributed by atoms with Crippen LogP contribution in [0.5, 0.6) is 5.75 Å². The van der Waals surface area contributed by atoms with Gasteiger partial charge in [0.1, 0.15) is 11.6 Å². The Morgan fingerprint density at radius 3 is 2.70 bits per heavy atom. The zero-order chi connectivity index (χ0) is 16.6. The lowest BCUT2D eigenvalue weighted by atomic mass is 10.1. The summed E-state index contributed by atoms with van der Waals surface area (Å²) in [7, 11) is 0. The smallest absolute Gasteiger partial charge is 0.269 e. The fraction of sp³-hybridized carbons (Fsp3) is 0.188. The largest absolute Gasteiger partial charge is 0.477 e. The van der Waals surface area contributed by atoms with Crippen molar-refractivity contribution in [3.05, 3.63) is 47.8 Å². The Morgan fingerprint density at radius 2 is 2.00 bits per heavy atom. The van der Waals surface area contributed by atoms with E-state index in [1.54, 1.807) is 19.1 Å². The van der Waals surface area contributed by atoms with Crippen LogP contribution in [0.4, 0.5) is 16.0 Å². The fourth-order valence-electron chi connectivity index (χ4n) is 2.32. The number of ketones is 1. The van der Waals surface area contributed by atoms with E-state index in [1.165, 1.54) is 29.2 Å². The number of hydrogen-bond acceptors (Lipinski definition) is 5. The van der Waals surface area contributed by atoms with Crippen LogP contribution >= 0.6 is 0 Å². The van der Waals surface area contributed by atoms with E-state index < -0.39 is 11.9 Å². The standard InChI is InChI=1S/C16H14FN3O3/c1-9-16(22)20(15-13(23-9)6-7-14(18)19-15)8-12(21)10-2-4-11(17)5-3-10/h2-7,9H,8H2,1H3,(H2,18,19). The van der Waals surface area contributed by atoms with Crippen LogP contribution in [0, 0.1) is 5.82 Å². The molecule has 1 aliphatic heterocycles. The maximum Gasteiger partial charge on any atom is 0.269 e. The predicted molar refractivity (Wildman–Crippen MR) is 81.8 cm³/mol. The van der Waals surface area contributed by atoms with Gasteiger partial charge >= 0.3 is 0 Å². The zero-order valence-corrected chi connectivity index (χ0v) is 12.3. The van der Waals surface area contributed by atoms with Gasteiger partial charge in [0, 0.05) is 5.56 Å². The second kappa shape index (κ2) is 5.68. The van der Waals surface area contributed by atoms with Gasteiger partial charge in [-0.1, -0.05) is 0 Å². The summed E-state index contributed by atoms with van der Waals surface area (Å²) in [6, 6.07) is 8.30. The summed E-state index contributed by atoms with van der Waals surface area (Å²) in [5.74, 6) is -0.332. The van der Waals surface area contributed by atoms with Crippen molar-refractivity contribution in [2.45, 2.75) is 13.0 Å². The molecule has 2 aromatic rings. The third-order valence-electron chi connectivity index (χ3n) is 3.50. The van der Waals surface area contributed by atoms with Crippen LogP contribution in [-0.2, 0) is 4.79 Å². The highest BCUT2D eigenvalue weighted by atomic mass is 19.1. The monoisotopic (exact) mass is 315 g/mol. The van der Waals surface area contributed by atoms with E-state index in [9.17, 15) is 14.0 Å². The summed E-state index contributed by atoms with van der Waals surface area (Å²) in [4.78, 5) is 30.0. The van der Waals surface area contributed by atoms with Gasteiger partial charge in [0.05, 0.1) is 6.54 Å². The maximum absolute atomic E-state index is 12.9. The molecule has 0 spiro atoms. The number of nitrogens with two attached hydrogens (primary N) is 1. The predicted octanol–water partition coefficient (Wildman–Crippen LogP) is 1.80. The molecule has 1 atom stereocenters.